The summed E-state index contributed by atoms with van der Waals surface area (Å²) in [6.45, 7) is 7.30. The predicted molar refractivity (Wildman–Crippen MR) is 48.9 cm³/mol. The zero-order valence-corrected chi connectivity index (χ0v) is 7.94. The van der Waals surface area contributed by atoms with Crippen molar-refractivity contribution in [3.05, 3.63) is 0 Å². The van der Waals surface area contributed by atoms with Crippen molar-refractivity contribution < 1.29 is 0 Å². The molecule has 3 nitrogen and oxygen atoms in total. The highest BCUT2D eigenvalue weighted by atomic mass is 15.2. The molecule has 3 heteroatoms. The number of rotatable bonds is 3. The number of nitrogens with two attached hydrogens (primary N) is 1. The van der Waals surface area contributed by atoms with Gasteiger partial charge in [0, 0.05) is 18.5 Å². The molecule has 0 spiro atoms. The van der Waals surface area contributed by atoms with Gasteiger partial charge in [0.1, 0.15) is 0 Å². The molecule has 0 saturated heterocycles. The summed E-state index contributed by atoms with van der Waals surface area (Å²) in [7, 11) is 2.04. The highest BCUT2D eigenvalue weighted by molar-refractivity contribution is 5.76. The summed E-state index contributed by atoms with van der Waals surface area (Å²) in [5.41, 5.74) is 5.42. The van der Waals surface area contributed by atoms with Gasteiger partial charge in [-0.2, -0.15) is 0 Å². The summed E-state index contributed by atoms with van der Waals surface area (Å²) in [6.07, 6.45) is 0.660. The van der Waals surface area contributed by atoms with Gasteiger partial charge in [-0.1, -0.05) is 0 Å². The molecular weight excluding hydrogens is 138 g/mol. The first-order valence-corrected chi connectivity index (χ1v) is 3.88. The summed E-state index contributed by atoms with van der Waals surface area (Å²) in [6, 6.07) is 0. The number of hydrogen-bond donors (Lipinski definition) is 2. The van der Waals surface area contributed by atoms with Crippen molar-refractivity contribution in [2.24, 2.45) is 5.73 Å². The van der Waals surface area contributed by atoms with Crippen molar-refractivity contribution in [1.82, 2.24) is 4.90 Å². The lowest BCUT2D eigenvalue weighted by Crippen LogP contribution is -2.39. The number of amidine groups is 1. The highest BCUT2D eigenvalue weighted by Gasteiger charge is 2.15. The molecule has 0 aliphatic carbocycles. The first kappa shape index (κ1) is 10.4. The van der Waals surface area contributed by atoms with Crippen LogP contribution >= 0.6 is 0 Å². The van der Waals surface area contributed by atoms with Crippen LogP contribution in [-0.4, -0.2) is 29.9 Å². The van der Waals surface area contributed by atoms with E-state index in [9.17, 15) is 0 Å². The Morgan fingerprint density at radius 1 is 1.45 bits per heavy atom. The van der Waals surface area contributed by atoms with Crippen LogP contribution < -0.4 is 5.73 Å². The average Bonchev–Trinajstić information content (AvgIpc) is 1.80. The van der Waals surface area contributed by atoms with Gasteiger partial charge in [0.2, 0.25) is 0 Å². The van der Waals surface area contributed by atoms with E-state index < -0.39 is 0 Å². The molecule has 11 heavy (non-hydrogen) atoms. The molecule has 0 radical (unpaired) electrons. The van der Waals surface area contributed by atoms with Gasteiger partial charge in [0.15, 0.2) is 0 Å². The van der Waals surface area contributed by atoms with Crippen molar-refractivity contribution in [3.63, 3.8) is 0 Å². The Morgan fingerprint density at radius 3 is 2.18 bits per heavy atom. The third-order valence-electron chi connectivity index (χ3n) is 1.86. The van der Waals surface area contributed by atoms with Crippen molar-refractivity contribution >= 4 is 5.84 Å². The Labute approximate surface area is 69.1 Å². The number of hydrogen-bond acceptors (Lipinski definition) is 2. The summed E-state index contributed by atoms with van der Waals surface area (Å²) >= 11 is 0. The van der Waals surface area contributed by atoms with E-state index in [1.54, 1.807) is 0 Å². The van der Waals surface area contributed by atoms with Crippen LogP contribution in [0.5, 0.6) is 0 Å². The fourth-order valence-corrected chi connectivity index (χ4v) is 0.624. The Kier molecular flexibility index (Phi) is 3.52. The molecule has 0 saturated carbocycles. The van der Waals surface area contributed by atoms with Crippen molar-refractivity contribution in [1.29, 1.82) is 5.41 Å². The van der Waals surface area contributed by atoms with Gasteiger partial charge in [-0.15, -0.1) is 0 Å². The maximum atomic E-state index is 7.04. The summed E-state index contributed by atoms with van der Waals surface area (Å²) in [5.74, 6) is 0.265. The summed E-state index contributed by atoms with van der Waals surface area (Å²) in [4.78, 5) is 2.19. The molecule has 0 unspecified atom stereocenters. The standard InChI is InChI=1S/C8H19N3/c1-8(2,3)11(4)6-5-7(9)10/h5-6H2,1-4H3,(H3,9,10). The molecule has 0 aromatic rings. The fourth-order valence-electron chi connectivity index (χ4n) is 0.624. The first-order valence-electron chi connectivity index (χ1n) is 3.88. The third-order valence-corrected chi connectivity index (χ3v) is 1.86. The fraction of sp³-hybridized carbons (Fsp3) is 0.875. The maximum absolute atomic E-state index is 7.04. The number of nitrogens with zero attached hydrogens (tertiary/aromatic N) is 1. The molecule has 0 aliphatic heterocycles. The number of nitrogens with one attached hydrogen (secondary N) is 1. The van der Waals surface area contributed by atoms with Crippen molar-refractivity contribution in [2.75, 3.05) is 13.6 Å². The Morgan fingerprint density at radius 2 is 1.91 bits per heavy atom. The van der Waals surface area contributed by atoms with Crippen LogP contribution in [0.2, 0.25) is 0 Å². The lowest BCUT2D eigenvalue weighted by Gasteiger charge is -2.31. The van der Waals surface area contributed by atoms with Crippen LogP contribution in [-0.2, 0) is 0 Å². The van der Waals surface area contributed by atoms with Gasteiger partial charge in [0.25, 0.3) is 0 Å². The van der Waals surface area contributed by atoms with Crippen LogP contribution in [0.15, 0.2) is 0 Å². The zero-order valence-electron chi connectivity index (χ0n) is 7.94. The lowest BCUT2D eigenvalue weighted by molar-refractivity contribution is 0.181. The molecule has 0 aliphatic rings. The van der Waals surface area contributed by atoms with Gasteiger partial charge in [0.05, 0.1) is 5.84 Å². The van der Waals surface area contributed by atoms with Crippen molar-refractivity contribution in [2.45, 2.75) is 32.7 Å². The molecule has 0 atom stereocenters. The molecule has 0 aromatic heterocycles. The molecule has 3 N–H and O–H groups in total. The van der Waals surface area contributed by atoms with E-state index in [1.165, 1.54) is 0 Å². The predicted octanol–water partition coefficient (Wildman–Crippen LogP) is 1.04. The van der Waals surface area contributed by atoms with Crippen LogP contribution in [0.4, 0.5) is 0 Å². The second-order valence-corrected chi connectivity index (χ2v) is 3.87. The van der Waals surface area contributed by atoms with Crippen LogP contribution in [0.25, 0.3) is 0 Å². The molecule has 0 aromatic carbocycles. The Hall–Kier alpha value is -0.570. The highest BCUT2D eigenvalue weighted by Crippen LogP contribution is 2.09. The summed E-state index contributed by atoms with van der Waals surface area (Å²) < 4.78 is 0. The smallest absolute Gasteiger partial charge is 0.0918 e. The largest absolute Gasteiger partial charge is 0.388 e. The van der Waals surface area contributed by atoms with E-state index in [1.807, 2.05) is 7.05 Å². The maximum Gasteiger partial charge on any atom is 0.0918 e. The molecule has 0 heterocycles. The summed E-state index contributed by atoms with van der Waals surface area (Å²) in [5, 5.41) is 7.04. The third kappa shape index (κ3) is 4.79. The van der Waals surface area contributed by atoms with E-state index in [4.69, 9.17) is 11.1 Å². The van der Waals surface area contributed by atoms with E-state index in [0.717, 1.165) is 6.54 Å². The average molecular weight is 157 g/mol. The van der Waals surface area contributed by atoms with Gasteiger partial charge < -0.3 is 10.6 Å². The minimum Gasteiger partial charge on any atom is -0.388 e. The van der Waals surface area contributed by atoms with Gasteiger partial charge >= 0.3 is 0 Å². The normalized spacial score (nSPS) is 12.1. The second kappa shape index (κ2) is 3.72. The van der Waals surface area contributed by atoms with Crippen LogP contribution in [0, 0.1) is 5.41 Å². The minimum absolute atomic E-state index is 0.176. The van der Waals surface area contributed by atoms with Gasteiger partial charge in [-0.05, 0) is 27.8 Å². The quantitative estimate of drug-likeness (QED) is 0.475. The first-order chi connectivity index (χ1) is 4.84. The van der Waals surface area contributed by atoms with E-state index >= 15 is 0 Å². The SMILES string of the molecule is CN(CCC(=N)N)C(C)(C)C. The lowest BCUT2D eigenvalue weighted by atomic mass is 10.1. The van der Waals surface area contributed by atoms with Crippen LogP contribution in [0.1, 0.15) is 27.2 Å². The van der Waals surface area contributed by atoms with Gasteiger partial charge in [-0.3, -0.25) is 5.41 Å². The Balaban J connectivity index is 3.70. The molecular formula is C8H19N3. The molecule has 0 rings (SSSR count). The topological polar surface area (TPSA) is 53.1 Å². The molecule has 0 bridgehead atoms. The van der Waals surface area contributed by atoms with E-state index in [2.05, 4.69) is 25.7 Å². The second-order valence-electron chi connectivity index (χ2n) is 3.87. The zero-order chi connectivity index (χ0) is 9.07. The van der Waals surface area contributed by atoms with E-state index in [-0.39, 0.29) is 11.4 Å². The minimum atomic E-state index is 0.176. The molecule has 66 valence electrons. The van der Waals surface area contributed by atoms with Crippen molar-refractivity contribution in [3.8, 4) is 0 Å². The molecule has 0 fully saturated rings. The monoisotopic (exact) mass is 157 g/mol. The van der Waals surface area contributed by atoms with E-state index in [0.29, 0.717) is 6.42 Å². The molecule has 0 amide bonds. The van der Waals surface area contributed by atoms with Gasteiger partial charge in [-0.25, -0.2) is 0 Å². The van der Waals surface area contributed by atoms with Crippen LogP contribution in [0.3, 0.4) is 0 Å². The Bertz CT molecular complexity index is 135.